The predicted octanol–water partition coefficient (Wildman–Crippen LogP) is 6.98. The summed E-state index contributed by atoms with van der Waals surface area (Å²) in [5.74, 6) is 2.82. The van der Waals surface area contributed by atoms with E-state index in [9.17, 15) is 4.79 Å². The largest absolute Gasteiger partial charge is 0.497 e. The van der Waals surface area contributed by atoms with E-state index in [1.165, 1.54) is 64.2 Å². The number of hydrogen-bond acceptors (Lipinski definition) is 4. The van der Waals surface area contributed by atoms with Gasteiger partial charge in [0.2, 0.25) is 5.91 Å². The number of methoxy groups -OCH3 is 2. The number of rotatable bonds is 15. The number of nitrogens with zero attached hydrogens (tertiary/aromatic N) is 1. The number of thioether (sulfide) groups is 1. The second kappa shape index (κ2) is 14.6. The summed E-state index contributed by atoms with van der Waals surface area (Å²) in [4.78, 5) is 14.9. The molecule has 0 bridgehead atoms. The molecule has 170 valence electrons. The Morgan fingerprint density at radius 2 is 1.60 bits per heavy atom. The van der Waals surface area contributed by atoms with Crippen molar-refractivity contribution < 1.29 is 14.3 Å². The van der Waals surface area contributed by atoms with E-state index >= 15 is 0 Å². The van der Waals surface area contributed by atoms with Crippen LogP contribution in [0, 0.1) is 0 Å². The first-order valence-corrected chi connectivity index (χ1v) is 12.9. The average Bonchev–Trinajstić information content (AvgIpc) is 3.26. The molecule has 0 N–H and O–H groups in total. The Morgan fingerprint density at radius 3 is 2.20 bits per heavy atom. The van der Waals surface area contributed by atoms with Crippen molar-refractivity contribution in [1.82, 2.24) is 4.90 Å². The fraction of sp³-hybridized carbons (Fsp3) is 0.720. The topological polar surface area (TPSA) is 38.8 Å². The molecule has 1 aromatic rings. The molecule has 0 saturated carbocycles. The van der Waals surface area contributed by atoms with Gasteiger partial charge in [-0.3, -0.25) is 4.79 Å². The number of ether oxygens (including phenoxy) is 2. The van der Waals surface area contributed by atoms with E-state index in [2.05, 4.69) is 6.92 Å². The van der Waals surface area contributed by atoms with Crippen LogP contribution < -0.4 is 9.47 Å². The van der Waals surface area contributed by atoms with Crippen molar-refractivity contribution >= 4 is 17.7 Å². The summed E-state index contributed by atoms with van der Waals surface area (Å²) in [6, 6.07) is 5.88. The molecule has 0 spiro atoms. The Bertz CT molecular complexity index is 622. The van der Waals surface area contributed by atoms with E-state index < -0.39 is 0 Å². The molecule has 1 saturated heterocycles. The van der Waals surface area contributed by atoms with E-state index in [1.54, 1.807) is 14.2 Å². The zero-order valence-electron chi connectivity index (χ0n) is 19.3. The van der Waals surface area contributed by atoms with Crippen molar-refractivity contribution in [1.29, 1.82) is 0 Å². The van der Waals surface area contributed by atoms with E-state index in [0.717, 1.165) is 35.8 Å². The maximum absolute atomic E-state index is 12.9. The molecule has 1 unspecified atom stereocenters. The fourth-order valence-electron chi connectivity index (χ4n) is 4.09. The quantitative estimate of drug-likeness (QED) is 0.279. The number of unbranched alkanes of at least 4 members (excludes halogenated alkanes) is 10. The Labute approximate surface area is 188 Å². The fourth-order valence-corrected chi connectivity index (χ4v) is 5.39. The monoisotopic (exact) mass is 435 g/mol. The maximum atomic E-state index is 12.9. The van der Waals surface area contributed by atoms with E-state index in [-0.39, 0.29) is 11.3 Å². The summed E-state index contributed by atoms with van der Waals surface area (Å²) in [5.41, 5.74) is 1.06. The minimum Gasteiger partial charge on any atom is -0.497 e. The highest BCUT2D eigenvalue weighted by Gasteiger charge is 2.32. The van der Waals surface area contributed by atoms with Crippen LogP contribution in [0.1, 0.15) is 94.9 Å². The zero-order chi connectivity index (χ0) is 21.6. The third-order valence-corrected chi connectivity index (χ3v) is 7.15. The number of carbonyl (C=O) groups is 1. The molecule has 5 heteroatoms. The Kier molecular flexibility index (Phi) is 12.1. The first-order chi connectivity index (χ1) is 14.7. The van der Waals surface area contributed by atoms with E-state index in [4.69, 9.17) is 9.47 Å². The summed E-state index contributed by atoms with van der Waals surface area (Å²) in [7, 11) is 3.33. The predicted molar refractivity (Wildman–Crippen MR) is 128 cm³/mol. The normalized spacial score (nSPS) is 16.1. The number of amides is 1. The summed E-state index contributed by atoms with van der Waals surface area (Å²) in [5, 5.41) is 0.0473. The zero-order valence-corrected chi connectivity index (χ0v) is 20.1. The number of carbonyl (C=O) groups excluding carboxylic acids is 1. The molecule has 30 heavy (non-hydrogen) atoms. The lowest BCUT2D eigenvalue weighted by Crippen LogP contribution is -2.30. The molecular weight excluding hydrogens is 394 g/mol. The Balaban J connectivity index is 1.68. The van der Waals surface area contributed by atoms with Crippen molar-refractivity contribution in [3.05, 3.63) is 23.8 Å². The van der Waals surface area contributed by atoms with Crippen LogP contribution in [-0.2, 0) is 4.79 Å². The first-order valence-electron chi connectivity index (χ1n) is 11.8. The molecule has 2 rings (SSSR count). The van der Waals surface area contributed by atoms with Crippen LogP contribution in [0.2, 0.25) is 0 Å². The summed E-state index contributed by atoms with van der Waals surface area (Å²) < 4.78 is 10.9. The molecule has 1 aromatic carbocycles. The molecule has 1 aliphatic heterocycles. The van der Waals surface area contributed by atoms with Gasteiger partial charge in [-0.1, -0.05) is 71.1 Å². The molecule has 1 atom stereocenters. The lowest BCUT2D eigenvalue weighted by atomic mass is 10.0. The van der Waals surface area contributed by atoms with Crippen LogP contribution in [0.15, 0.2) is 18.2 Å². The standard InChI is InChI=1S/C25H41NO3S/c1-4-5-6-7-8-9-10-11-12-13-14-15-24(27)26-18-19-30-25(26)22-17-16-21(28-2)20-23(22)29-3/h16-17,20,25H,4-15,18-19H2,1-3H3. The third kappa shape index (κ3) is 8.05. The van der Waals surface area contributed by atoms with Crippen LogP contribution >= 0.6 is 11.8 Å². The Morgan fingerprint density at radius 1 is 0.967 bits per heavy atom. The van der Waals surface area contributed by atoms with Crippen LogP contribution in [-0.4, -0.2) is 37.3 Å². The van der Waals surface area contributed by atoms with E-state index in [1.807, 2.05) is 34.9 Å². The minimum atomic E-state index is 0.0473. The molecule has 0 aromatic heterocycles. The van der Waals surface area contributed by atoms with Gasteiger partial charge in [-0.15, -0.1) is 11.8 Å². The van der Waals surface area contributed by atoms with Gasteiger partial charge in [0.15, 0.2) is 0 Å². The van der Waals surface area contributed by atoms with Crippen molar-refractivity contribution in [2.45, 2.75) is 89.3 Å². The van der Waals surface area contributed by atoms with Gasteiger partial charge in [0.05, 0.1) is 14.2 Å². The molecule has 0 radical (unpaired) electrons. The minimum absolute atomic E-state index is 0.0473. The van der Waals surface area contributed by atoms with Gasteiger partial charge in [0.25, 0.3) is 0 Å². The lowest BCUT2D eigenvalue weighted by molar-refractivity contribution is -0.131. The van der Waals surface area contributed by atoms with Crippen LogP contribution in [0.25, 0.3) is 0 Å². The molecule has 1 aliphatic rings. The molecule has 1 heterocycles. The van der Waals surface area contributed by atoms with Crippen LogP contribution in [0.3, 0.4) is 0 Å². The van der Waals surface area contributed by atoms with Gasteiger partial charge < -0.3 is 14.4 Å². The molecule has 4 nitrogen and oxygen atoms in total. The molecule has 1 amide bonds. The van der Waals surface area contributed by atoms with Crippen molar-refractivity contribution in [3.63, 3.8) is 0 Å². The molecular formula is C25H41NO3S. The molecule has 0 aliphatic carbocycles. The highest BCUT2D eigenvalue weighted by molar-refractivity contribution is 7.99. The second-order valence-corrected chi connectivity index (χ2v) is 9.39. The van der Waals surface area contributed by atoms with Gasteiger partial charge in [0, 0.05) is 30.3 Å². The SMILES string of the molecule is CCCCCCCCCCCCCC(=O)N1CCSC1c1ccc(OC)cc1OC. The summed E-state index contributed by atoms with van der Waals surface area (Å²) in [6.45, 7) is 3.09. The van der Waals surface area contributed by atoms with Crippen molar-refractivity contribution in [2.75, 3.05) is 26.5 Å². The second-order valence-electron chi connectivity index (χ2n) is 8.20. The number of hydrogen-bond donors (Lipinski definition) is 0. The average molecular weight is 436 g/mol. The smallest absolute Gasteiger partial charge is 0.223 e. The van der Waals surface area contributed by atoms with Gasteiger partial charge >= 0.3 is 0 Å². The van der Waals surface area contributed by atoms with Gasteiger partial charge in [0.1, 0.15) is 16.9 Å². The number of benzene rings is 1. The maximum Gasteiger partial charge on any atom is 0.223 e. The first kappa shape index (κ1) is 24.9. The van der Waals surface area contributed by atoms with Crippen LogP contribution in [0.4, 0.5) is 0 Å². The highest BCUT2D eigenvalue weighted by atomic mass is 32.2. The Hall–Kier alpha value is -1.36. The van der Waals surface area contributed by atoms with Gasteiger partial charge in [-0.25, -0.2) is 0 Å². The van der Waals surface area contributed by atoms with Gasteiger partial charge in [-0.05, 0) is 18.6 Å². The van der Waals surface area contributed by atoms with Gasteiger partial charge in [-0.2, -0.15) is 0 Å². The van der Waals surface area contributed by atoms with Crippen molar-refractivity contribution in [2.24, 2.45) is 0 Å². The van der Waals surface area contributed by atoms with E-state index in [0.29, 0.717) is 6.42 Å². The van der Waals surface area contributed by atoms with Crippen molar-refractivity contribution in [3.8, 4) is 11.5 Å². The summed E-state index contributed by atoms with van der Waals surface area (Å²) >= 11 is 1.82. The van der Waals surface area contributed by atoms with Crippen LogP contribution in [0.5, 0.6) is 11.5 Å². The molecule has 1 fully saturated rings. The summed E-state index contributed by atoms with van der Waals surface area (Å²) in [6.07, 6.45) is 15.0. The lowest BCUT2D eigenvalue weighted by Gasteiger charge is -2.25. The third-order valence-electron chi connectivity index (χ3n) is 5.91. The highest BCUT2D eigenvalue weighted by Crippen LogP contribution is 2.43.